The number of carboxylic acid groups (broad SMARTS) is 1. The third-order valence-corrected chi connectivity index (χ3v) is 3.81. The van der Waals surface area contributed by atoms with Gasteiger partial charge in [0.1, 0.15) is 11.9 Å². The second-order valence-corrected chi connectivity index (χ2v) is 5.73. The summed E-state index contributed by atoms with van der Waals surface area (Å²) in [6.07, 6.45) is 4.25. The Morgan fingerprint density at radius 3 is 2.90 bits per heavy atom. The second-order valence-electron chi connectivity index (χ2n) is 5.73. The van der Waals surface area contributed by atoms with Crippen molar-refractivity contribution in [2.75, 3.05) is 0 Å². The van der Waals surface area contributed by atoms with Crippen LogP contribution in [0.15, 0.2) is 6.33 Å². The maximum atomic E-state index is 12.0. The van der Waals surface area contributed by atoms with Crippen LogP contribution in [-0.2, 0) is 18.4 Å². The largest absolute Gasteiger partial charge is 0.480 e. The van der Waals surface area contributed by atoms with Gasteiger partial charge in [0.2, 0.25) is 0 Å². The molecule has 3 N–H and O–H groups in total. The molecule has 0 aliphatic heterocycles. The smallest absolute Gasteiger partial charge is 0.329 e. The lowest BCUT2D eigenvalue weighted by Crippen LogP contribution is -2.59. The Labute approximate surface area is 122 Å². The zero-order valence-electron chi connectivity index (χ0n) is 12.3. The van der Waals surface area contributed by atoms with E-state index in [-0.39, 0.29) is 12.5 Å². The fourth-order valence-corrected chi connectivity index (χ4v) is 2.80. The Morgan fingerprint density at radius 2 is 2.33 bits per heavy atom. The molecule has 1 fully saturated rings. The number of rotatable bonds is 4. The number of urea groups is 1. The molecule has 0 saturated heterocycles. The molecule has 0 bridgehead atoms. The standard InChI is InChI=1S/C13H21N5O3/c1-9-4-3-5-13(6-9,11(19)20)16-12(21)14-7-10-15-8-18(2)17-10/h8-9H,3-7H2,1-2H3,(H,19,20)(H2,14,16,21). The predicted molar refractivity (Wildman–Crippen MR) is 74.4 cm³/mol. The number of carbonyl (C=O) groups excluding carboxylic acids is 1. The number of hydrogen-bond acceptors (Lipinski definition) is 4. The Hall–Kier alpha value is -2.12. The van der Waals surface area contributed by atoms with Crippen molar-refractivity contribution >= 4 is 12.0 Å². The second kappa shape index (κ2) is 6.11. The number of hydrogen-bond donors (Lipinski definition) is 3. The minimum atomic E-state index is -1.17. The molecular formula is C13H21N5O3. The van der Waals surface area contributed by atoms with Crippen molar-refractivity contribution in [3.05, 3.63) is 12.2 Å². The van der Waals surface area contributed by atoms with Crippen molar-refractivity contribution in [3.8, 4) is 0 Å². The molecule has 1 aromatic heterocycles. The molecule has 2 rings (SSSR count). The summed E-state index contributed by atoms with van der Waals surface area (Å²) in [7, 11) is 1.74. The normalized spacial score (nSPS) is 25.3. The molecule has 1 aliphatic carbocycles. The first-order chi connectivity index (χ1) is 9.91. The van der Waals surface area contributed by atoms with Crippen LogP contribution >= 0.6 is 0 Å². The van der Waals surface area contributed by atoms with E-state index < -0.39 is 17.5 Å². The molecule has 2 unspecified atom stereocenters. The average molecular weight is 295 g/mol. The van der Waals surface area contributed by atoms with Crippen molar-refractivity contribution < 1.29 is 14.7 Å². The van der Waals surface area contributed by atoms with Crippen LogP contribution in [0.2, 0.25) is 0 Å². The maximum Gasteiger partial charge on any atom is 0.329 e. The van der Waals surface area contributed by atoms with Gasteiger partial charge in [0, 0.05) is 7.05 Å². The van der Waals surface area contributed by atoms with E-state index in [0.717, 1.165) is 12.8 Å². The highest BCUT2D eigenvalue weighted by molar-refractivity contribution is 5.86. The summed E-state index contributed by atoms with van der Waals surface area (Å²) in [5.41, 5.74) is -1.17. The van der Waals surface area contributed by atoms with Crippen molar-refractivity contribution in [1.29, 1.82) is 0 Å². The van der Waals surface area contributed by atoms with Crippen LogP contribution in [-0.4, -0.2) is 37.4 Å². The van der Waals surface area contributed by atoms with Crippen LogP contribution in [0, 0.1) is 5.92 Å². The van der Waals surface area contributed by atoms with Crippen LogP contribution in [0.4, 0.5) is 4.79 Å². The summed E-state index contributed by atoms with van der Waals surface area (Å²) in [5.74, 6) is -0.207. The van der Waals surface area contributed by atoms with Crippen LogP contribution in [0.1, 0.15) is 38.4 Å². The fourth-order valence-electron chi connectivity index (χ4n) is 2.80. The Balaban J connectivity index is 1.94. The summed E-state index contributed by atoms with van der Waals surface area (Å²) < 4.78 is 1.54. The Bertz CT molecular complexity index is 530. The van der Waals surface area contributed by atoms with E-state index >= 15 is 0 Å². The highest BCUT2D eigenvalue weighted by Crippen LogP contribution is 2.32. The number of carbonyl (C=O) groups is 2. The van der Waals surface area contributed by atoms with Crippen molar-refractivity contribution in [1.82, 2.24) is 25.4 Å². The summed E-state index contributed by atoms with van der Waals surface area (Å²) >= 11 is 0. The highest BCUT2D eigenvalue weighted by atomic mass is 16.4. The maximum absolute atomic E-state index is 12.0. The minimum absolute atomic E-state index is 0.165. The number of nitrogens with one attached hydrogen (secondary N) is 2. The lowest BCUT2D eigenvalue weighted by atomic mass is 9.76. The highest BCUT2D eigenvalue weighted by Gasteiger charge is 2.43. The molecule has 0 radical (unpaired) electrons. The van der Waals surface area contributed by atoms with Gasteiger partial charge in [-0.3, -0.25) is 4.68 Å². The summed E-state index contributed by atoms with van der Waals surface area (Å²) in [6, 6.07) is -0.501. The van der Waals surface area contributed by atoms with E-state index in [0.29, 0.717) is 18.7 Å². The minimum Gasteiger partial charge on any atom is -0.480 e. The summed E-state index contributed by atoms with van der Waals surface area (Å²) in [4.78, 5) is 27.5. The van der Waals surface area contributed by atoms with Gasteiger partial charge in [-0.15, -0.1) is 0 Å². The first-order valence-corrected chi connectivity index (χ1v) is 7.05. The molecule has 2 amide bonds. The predicted octanol–water partition coefficient (Wildman–Crippen LogP) is 0.648. The lowest BCUT2D eigenvalue weighted by Gasteiger charge is -2.36. The van der Waals surface area contributed by atoms with E-state index in [9.17, 15) is 14.7 Å². The summed E-state index contributed by atoms with van der Waals surface area (Å²) in [5, 5.41) is 18.7. The van der Waals surface area contributed by atoms with Gasteiger partial charge >= 0.3 is 12.0 Å². The molecule has 0 spiro atoms. The number of aliphatic carboxylic acids is 1. The molecule has 0 aromatic carbocycles. The molecule has 2 atom stereocenters. The number of nitrogens with zero attached hydrogens (tertiary/aromatic N) is 3. The van der Waals surface area contributed by atoms with E-state index in [1.54, 1.807) is 7.05 Å². The first kappa shape index (κ1) is 15.3. The van der Waals surface area contributed by atoms with Gasteiger partial charge in [-0.25, -0.2) is 14.6 Å². The van der Waals surface area contributed by atoms with Crippen molar-refractivity contribution in [2.24, 2.45) is 13.0 Å². The van der Waals surface area contributed by atoms with E-state index in [1.165, 1.54) is 11.0 Å². The lowest BCUT2D eigenvalue weighted by molar-refractivity contribution is -0.146. The molecule has 1 heterocycles. The van der Waals surface area contributed by atoms with Crippen LogP contribution in [0.25, 0.3) is 0 Å². The molecule has 1 aromatic rings. The van der Waals surface area contributed by atoms with Gasteiger partial charge in [0.05, 0.1) is 6.54 Å². The molecular weight excluding hydrogens is 274 g/mol. The Morgan fingerprint density at radius 1 is 1.57 bits per heavy atom. The number of aryl methyl sites for hydroxylation is 1. The average Bonchev–Trinajstić information content (AvgIpc) is 2.82. The quantitative estimate of drug-likeness (QED) is 0.755. The van der Waals surface area contributed by atoms with Gasteiger partial charge in [-0.05, 0) is 18.8 Å². The van der Waals surface area contributed by atoms with Crippen LogP contribution in [0.3, 0.4) is 0 Å². The molecule has 1 saturated carbocycles. The van der Waals surface area contributed by atoms with Gasteiger partial charge in [-0.2, -0.15) is 5.10 Å². The summed E-state index contributed by atoms with van der Waals surface area (Å²) in [6.45, 7) is 2.17. The number of amides is 2. The monoisotopic (exact) mass is 295 g/mol. The van der Waals surface area contributed by atoms with Crippen LogP contribution < -0.4 is 10.6 Å². The van der Waals surface area contributed by atoms with E-state index in [1.807, 2.05) is 6.92 Å². The SMILES string of the molecule is CC1CCCC(NC(=O)NCc2ncn(C)n2)(C(=O)O)C1. The van der Waals surface area contributed by atoms with Gasteiger partial charge in [0.15, 0.2) is 5.82 Å². The third kappa shape index (κ3) is 3.71. The number of aromatic nitrogens is 3. The van der Waals surface area contributed by atoms with Gasteiger partial charge in [-0.1, -0.05) is 19.8 Å². The molecule has 21 heavy (non-hydrogen) atoms. The van der Waals surface area contributed by atoms with Crippen LogP contribution in [0.5, 0.6) is 0 Å². The fraction of sp³-hybridized carbons (Fsp3) is 0.692. The first-order valence-electron chi connectivity index (χ1n) is 7.05. The topological polar surface area (TPSA) is 109 Å². The van der Waals surface area contributed by atoms with E-state index in [2.05, 4.69) is 20.7 Å². The molecule has 1 aliphatic rings. The number of carboxylic acids is 1. The molecule has 8 heteroatoms. The van der Waals surface area contributed by atoms with Crippen molar-refractivity contribution in [2.45, 2.75) is 44.7 Å². The molecule has 8 nitrogen and oxygen atoms in total. The zero-order valence-corrected chi connectivity index (χ0v) is 12.3. The van der Waals surface area contributed by atoms with Gasteiger partial charge < -0.3 is 15.7 Å². The third-order valence-electron chi connectivity index (χ3n) is 3.81. The zero-order chi connectivity index (χ0) is 15.5. The van der Waals surface area contributed by atoms with Gasteiger partial charge in [0.25, 0.3) is 0 Å². The van der Waals surface area contributed by atoms with E-state index in [4.69, 9.17) is 0 Å². The molecule has 116 valence electrons. The Kier molecular flexibility index (Phi) is 4.44. The van der Waals surface area contributed by atoms with Crippen molar-refractivity contribution in [3.63, 3.8) is 0 Å².